The van der Waals surface area contributed by atoms with E-state index in [-0.39, 0.29) is 5.97 Å². The van der Waals surface area contributed by atoms with Crippen molar-refractivity contribution in [1.29, 1.82) is 0 Å². The summed E-state index contributed by atoms with van der Waals surface area (Å²) in [5.74, 6) is 0.0863. The number of carbonyl (C=O) groups is 1. The Morgan fingerprint density at radius 1 is 1.60 bits per heavy atom. The lowest BCUT2D eigenvalue weighted by atomic mass is 10.3. The maximum atomic E-state index is 11.3. The highest BCUT2D eigenvalue weighted by Crippen LogP contribution is 2.08. The molecule has 0 aliphatic heterocycles. The highest BCUT2D eigenvalue weighted by Gasteiger charge is 2.06. The summed E-state index contributed by atoms with van der Waals surface area (Å²) in [6.45, 7) is 6.03. The van der Waals surface area contributed by atoms with E-state index < -0.39 is 0 Å². The van der Waals surface area contributed by atoms with E-state index in [1.54, 1.807) is 25.1 Å². The number of esters is 1. The molecule has 0 N–H and O–H groups in total. The second-order valence-electron chi connectivity index (χ2n) is 2.71. The fourth-order valence-electron chi connectivity index (χ4n) is 0.945. The molecular formula is C11H13NO3. The van der Waals surface area contributed by atoms with Crippen LogP contribution in [0.15, 0.2) is 31.0 Å². The molecule has 0 saturated heterocycles. The average Bonchev–Trinajstić information content (AvgIpc) is 2.27. The van der Waals surface area contributed by atoms with Crippen LogP contribution in [0.5, 0.6) is 5.88 Å². The third kappa shape index (κ3) is 3.42. The zero-order valence-corrected chi connectivity index (χ0v) is 8.60. The van der Waals surface area contributed by atoms with Crippen molar-refractivity contribution in [1.82, 2.24) is 4.98 Å². The number of rotatable bonds is 5. The van der Waals surface area contributed by atoms with Gasteiger partial charge in [-0.25, -0.2) is 9.78 Å². The van der Waals surface area contributed by atoms with Gasteiger partial charge in [0.1, 0.15) is 6.61 Å². The summed E-state index contributed by atoms with van der Waals surface area (Å²) in [6, 6.07) is 3.24. The number of hydrogen-bond donors (Lipinski definition) is 0. The van der Waals surface area contributed by atoms with E-state index in [1.807, 2.05) is 0 Å². The summed E-state index contributed by atoms with van der Waals surface area (Å²) in [5.41, 5.74) is 0.419. The summed E-state index contributed by atoms with van der Waals surface area (Å²) in [6.07, 6.45) is 3.05. The van der Waals surface area contributed by atoms with Gasteiger partial charge in [-0.2, -0.15) is 0 Å². The molecule has 0 radical (unpaired) electrons. The second-order valence-corrected chi connectivity index (χ2v) is 2.71. The normalized spacial score (nSPS) is 9.40. The number of carbonyl (C=O) groups excluding carboxylic acids is 1. The maximum Gasteiger partial charge on any atom is 0.339 e. The zero-order chi connectivity index (χ0) is 11.1. The standard InChI is InChI=1S/C11H13NO3/c1-3-7-15-10-6-5-9(8-12-10)11(13)14-4-2/h3,5-6,8H,1,4,7H2,2H3. The van der Waals surface area contributed by atoms with Gasteiger partial charge < -0.3 is 9.47 Å². The molecular weight excluding hydrogens is 194 g/mol. The van der Waals surface area contributed by atoms with Crippen molar-refractivity contribution in [2.75, 3.05) is 13.2 Å². The molecule has 1 aromatic heterocycles. The maximum absolute atomic E-state index is 11.3. The van der Waals surface area contributed by atoms with Crippen LogP contribution < -0.4 is 4.74 Å². The number of ether oxygens (including phenoxy) is 2. The van der Waals surface area contributed by atoms with Gasteiger partial charge in [0.15, 0.2) is 0 Å². The van der Waals surface area contributed by atoms with Crippen molar-refractivity contribution in [2.24, 2.45) is 0 Å². The molecule has 0 fully saturated rings. The highest BCUT2D eigenvalue weighted by atomic mass is 16.5. The Kier molecular flexibility index (Phi) is 4.34. The van der Waals surface area contributed by atoms with E-state index in [9.17, 15) is 4.79 Å². The third-order valence-corrected chi connectivity index (χ3v) is 1.60. The molecule has 0 aromatic carbocycles. The predicted octanol–water partition coefficient (Wildman–Crippen LogP) is 1.82. The van der Waals surface area contributed by atoms with Gasteiger partial charge in [0.2, 0.25) is 5.88 Å². The van der Waals surface area contributed by atoms with E-state index in [1.165, 1.54) is 6.20 Å². The van der Waals surface area contributed by atoms with Crippen LogP contribution in [0.4, 0.5) is 0 Å². The molecule has 0 atom stereocenters. The average molecular weight is 207 g/mol. The van der Waals surface area contributed by atoms with E-state index in [2.05, 4.69) is 11.6 Å². The molecule has 0 bridgehead atoms. The second kappa shape index (κ2) is 5.80. The molecule has 4 heteroatoms. The molecule has 0 saturated carbocycles. The van der Waals surface area contributed by atoms with Crippen LogP contribution in [0, 0.1) is 0 Å². The summed E-state index contributed by atoms with van der Waals surface area (Å²) in [5, 5.41) is 0. The summed E-state index contributed by atoms with van der Waals surface area (Å²) >= 11 is 0. The van der Waals surface area contributed by atoms with Crippen LogP contribution in [-0.2, 0) is 4.74 Å². The zero-order valence-electron chi connectivity index (χ0n) is 8.60. The summed E-state index contributed by atoms with van der Waals surface area (Å²) < 4.78 is 9.98. The molecule has 0 amide bonds. The highest BCUT2D eigenvalue weighted by molar-refractivity contribution is 5.89. The molecule has 0 unspecified atom stereocenters. The molecule has 0 aliphatic rings. The van der Waals surface area contributed by atoms with Gasteiger partial charge in [-0.1, -0.05) is 12.7 Å². The first-order valence-electron chi connectivity index (χ1n) is 4.64. The lowest BCUT2D eigenvalue weighted by molar-refractivity contribution is 0.0526. The van der Waals surface area contributed by atoms with Crippen LogP contribution in [0.3, 0.4) is 0 Å². The first-order valence-corrected chi connectivity index (χ1v) is 4.64. The number of aromatic nitrogens is 1. The minimum absolute atomic E-state index is 0.355. The van der Waals surface area contributed by atoms with Gasteiger partial charge in [-0.3, -0.25) is 0 Å². The van der Waals surface area contributed by atoms with Gasteiger partial charge >= 0.3 is 5.97 Å². The van der Waals surface area contributed by atoms with Crippen molar-refractivity contribution < 1.29 is 14.3 Å². The third-order valence-electron chi connectivity index (χ3n) is 1.60. The van der Waals surface area contributed by atoms with Crippen molar-refractivity contribution in [3.05, 3.63) is 36.5 Å². The Morgan fingerprint density at radius 3 is 2.93 bits per heavy atom. The Balaban J connectivity index is 2.63. The van der Waals surface area contributed by atoms with Gasteiger partial charge in [0.25, 0.3) is 0 Å². The Hall–Kier alpha value is -1.84. The Labute approximate surface area is 88.5 Å². The van der Waals surface area contributed by atoms with Crippen LogP contribution in [-0.4, -0.2) is 24.2 Å². The molecule has 1 aromatic rings. The molecule has 15 heavy (non-hydrogen) atoms. The first-order chi connectivity index (χ1) is 7.27. The van der Waals surface area contributed by atoms with Crippen LogP contribution in [0.2, 0.25) is 0 Å². The van der Waals surface area contributed by atoms with Crippen molar-refractivity contribution >= 4 is 5.97 Å². The van der Waals surface area contributed by atoms with Gasteiger partial charge in [0.05, 0.1) is 12.2 Å². The quantitative estimate of drug-likeness (QED) is 0.546. The van der Waals surface area contributed by atoms with E-state index in [0.29, 0.717) is 24.7 Å². The van der Waals surface area contributed by atoms with Crippen molar-refractivity contribution in [3.8, 4) is 5.88 Å². The molecule has 0 aliphatic carbocycles. The van der Waals surface area contributed by atoms with Crippen LogP contribution in [0.1, 0.15) is 17.3 Å². The van der Waals surface area contributed by atoms with E-state index >= 15 is 0 Å². The smallest absolute Gasteiger partial charge is 0.339 e. The largest absolute Gasteiger partial charge is 0.473 e. The fourth-order valence-corrected chi connectivity index (χ4v) is 0.945. The minimum Gasteiger partial charge on any atom is -0.473 e. The topological polar surface area (TPSA) is 48.4 Å². The van der Waals surface area contributed by atoms with E-state index in [4.69, 9.17) is 9.47 Å². The molecule has 1 heterocycles. The minimum atomic E-state index is -0.375. The Bertz CT molecular complexity index is 332. The molecule has 1 rings (SSSR count). The van der Waals surface area contributed by atoms with Gasteiger partial charge in [0, 0.05) is 12.3 Å². The number of pyridine rings is 1. The molecule has 80 valence electrons. The van der Waals surface area contributed by atoms with Crippen molar-refractivity contribution in [3.63, 3.8) is 0 Å². The molecule has 4 nitrogen and oxygen atoms in total. The lowest BCUT2D eigenvalue weighted by Gasteiger charge is -2.03. The van der Waals surface area contributed by atoms with Crippen LogP contribution >= 0.6 is 0 Å². The summed E-state index contributed by atoms with van der Waals surface area (Å²) in [4.78, 5) is 15.2. The SMILES string of the molecule is C=CCOc1ccc(C(=O)OCC)cn1. The number of hydrogen-bond acceptors (Lipinski definition) is 4. The van der Waals surface area contributed by atoms with Crippen molar-refractivity contribution in [2.45, 2.75) is 6.92 Å². The lowest BCUT2D eigenvalue weighted by Crippen LogP contribution is -2.05. The number of nitrogens with zero attached hydrogens (tertiary/aromatic N) is 1. The monoisotopic (exact) mass is 207 g/mol. The summed E-state index contributed by atoms with van der Waals surface area (Å²) in [7, 11) is 0. The fraction of sp³-hybridized carbons (Fsp3) is 0.273. The molecule has 0 spiro atoms. The first kappa shape index (κ1) is 11.2. The predicted molar refractivity (Wildman–Crippen MR) is 55.9 cm³/mol. The van der Waals surface area contributed by atoms with Gasteiger partial charge in [-0.05, 0) is 13.0 Å². The Morgan fingerprint density at radius 2 is 2.40 bits per heavy atom. The van der Waals surface area contributed by atoms with E-state index in [0.717, 1.165) is 0 Å². The van der Waals surface area contributed by atoms with Crippen LogP contribution in [0.25, 0.3) is 0 Å². The van der Waals surface area contributed by atoms with Gasteiger partial charge in [-0.15, -0.1) is 0 Å².